The van der Waals surface area contributed by atoms with E-state index in [1.807, 2.05) is 4.90 Å². The van der Waals surface area contributed by atoms with Crippen LogP contribution in [-0.4, -0.2) is 52.2 Å². The molecule has 1 saturated heterocycles. The van der Waals surface area contributed by atoms with E-state index in [1.165, 1.54) is 4.90 Å². The zero-order chi connectivity index (χ0) is 11.5. The summed E-state index contributed by atoms with van der Waals surface area (Å²) in [7, 11) is 0. The maximum absolute atomic E-state index is 12.6. The lowest BCUT2D eigenvalue weighted by molar-refractivity contribution is 0.142. The summed E-state index contributed by atoms with van der Waals surface area (Å²) in [4.78, 5) is 21.5. The Balaban J connectivity index is 1.99. The molecule has 0 radical (unpaired) electrons. The Bertz CT molecular complexity index is 376. The van der Waals surface area contributed by atoms with Gasteiger partial charge in [0.25, 0.3) is 0 Å². The van der Waals surface area contributed by atoms with Gasteiger partial charge in [-0.2, -0.15) is 0 Å². The van der Waals surface area contributed by atoms with Gasteiger partial charge in [-0.15, -0.1) is 0 Å². The number of nitrogens with zero attached hydrogens (tertiary/aromatic N) is 4. The Morgan fingerprint density at radius 1 is 1.25 bits per heavy atom. The van der Waals surface area contributed by atoms with Crippen molar-refractivity contribution in [2.45, 2.75) is 0 Å². The molecule has 0 spiro atoms. The van der Waals surface area contributed by atoms with Gasteiger partial charge in [-0.3, -0.25) is 0 Å². The second-order valence-electron chi connectivity index (χ2n) is 3.46. The van der Waals surface area contributed by atoms with Crippen molar-refractivity contribution in [1.29, 1.82) is 0 Å². The minimum Gasteiger partial charge on any atom is -0.465 e. The number of hydrogen-bond donors (Lipinski definition) is 1. The van der Waals surface area contributed by atoms with Gasteiger partial charge < -0.3 is 14.9 Å². The van der Waals surface area contributed by atoms with Crippen LogP contribution < -0.4 is 4.90 Å². The van der Waals surface area contributed by atoms with Gasteiger partial charge in [0.15, 0.2) is 5.82 Å². The molecule has 1 aromatic heterocycles. The predicted octanol–water partition coefficient (Wildman–Crippen LogP) is 0.416. The maximum atomic E-state index is 12.6. The monoisotopic (exact) mass is 226 g/mol. The molecule has 0 atom stereocenters. The standard InChI is InChI=1S/C9H11FN4O2/c10-7-5-11-8(12-6-7)13-1-3-14(4-2-13)9(15)16/h5-6H,1-4H2,(H,15,16). The van der Waals surface area contributed by atoms with Gasteiger partial charge >= 0.3 is 6.09 Å². The number of hydrogen-bond acceptors (Lipinski definition) is 4. The van der Waals surface area contributed by atoms with E-state index in [0.717, 1.165) is 12.4 Å². The molecule has 2 rings (SSSR count). The number of piperazine rings is 1. The Kier molecular flexibility index (Phi) is 2.84. The summed E-state index contributed by atoms with van der Waals surface area (Å²) in [5.41, 5.74) is 0. The van der Waals surface area contributed by atoms with E-state index in [-0.39, 0.29) is 0 Å². The number of rotatable bonds is 1. The summed E-state index contributed by atoms with van der Waals surface area (Å²) >= 11 is 0. The fourth-order valence-electron chi connectivity index (χ4n) is 1.57. The fourth-order valence-corrected chi connectivity index (χ4v) is 1.57. The van der Waals surface area contributed by atoms with Crippen LogP contribution in [0.4, 0.5) is 15.1 Å². The Morgan fingerprint density at radius 3 is 2.31 bits per heavy atom. The van der Waals surface area contributed by atoms with Crippen molar-refractivity contribution in [3.8, 4) is 0 Å². The molecule has 86 valence electrons. The molecule has 6 nitrogen and oxygen atoms in total. The first-order valence-electron chi connectivity index (χ1n) is 4.87. The van der Waals surface area contributed by atoms with Crippen LogP contribution in [-0.2, 0) is 0 Å². The largest absolute Gasteiger partial charge is 0.465 e. The second kappa shape index (κ2) is 4.30. The maximum Gasteiger partial charge on any atom is 0.407 e. The van der Waals surface area contributed by atoms with Gasteiger partial charge in [-0.1, -0.05) is 0 Å². The van der Waals surface area contributed by atoms with Crippen molar-refractivity contribution in [2.75, 3.05) is 31.1 Å². The summed E-state index contributed by atoms with van der Waals surface area (Å²) in [5, 5.41) is 8.76. The van der Waals surface area contributed by atoms with Crippen molar-refractivity contribution in [1.82, 2.24) is 14.9 Å². The predicted molar refractivity (Wildman–Crippen MR) is 53.8 cm³/mol. The van der Waals surface area contributed by atoms with E-state index in [1.54, 1.807) is 0 Å². The third kappa shape index (κ3) is 2.18. The van der Waals surface area contributed by atoms with Crippen molar-refractivity contribution in [2.24, 2.45) is 0 Å². The Hall–Kier alpha value is -1.92. The van der Waals surface area contributed by atoms with Crippen LogP contribution in [0, 0.1) is 5.82 Å². The first kappa shape index (κ1) is 10.6. The van der Waals surface area contributed by atoms with E-state index in [4.69, 9.17) is 5.11 Å². The molecule has 1 fully saturated rings. The number of amides is 1. The van der Waals surface area contributed by atoms with Crippen molar-refractivity contribution < 1.29 is 14.3 Å². The highest BCUT2D eigenvalue weighted by atomic mass is 19.1. The summed E-state index contributed by atoms with van der Waals surface area (Å²) in [5.74, 6) is -0.0423. The lowest BCUT2D eigenvalue weighted by atomic mass is 10.3. The highest BCUT2D eigenvalue weighted by Crippen LogP contribution is 2.10. The first-order chi connectivity index (χ1) is 7.66. The number of carboxylic acid groups (broad SMARTS) is 1. The zero-order valence-corrected chi connectivity index (χ0v) is 8.51. The van der Waals surface area contributed by atoms with Gasteiger partial charge in [0, 0.05) is 26.2 Å². The minimum absolute atomic E-state index is 0.413. The number of aromatic nitrogens is 2. The topological polar surface area (TPSA) is 69.6 Å². The van der Waals surface area contributed by atoms with Crippen LogP contribution in [0.3, 0.4) is 0 Å². The van der Waals surface area contributed by atoms with E-state index in [9.17, 15) is 9.18 Å². The average molecular weight is 226 g/mol. The van der Waals surface area contributed by atoms with Crippen LogP contribution in [0.2, 0.25) is 0 Å². The summed E-state index contributed by atoms with van der Waals surface area (Å²) in [6, 6.07) is 0. The molecule has 0 unspecified atom stereocenters. The molecule has 0 aliphatic carbocycles. The second-order valence-corrected chi connectivity index (χ2v) is 3.46. The molecule has 0 saturated carbocycles. The molecular weight excluding hydrogens is 215 g/mol. The molecule has 16 heavy (non-hydrogen) atoms. The molecule has 0 aromatic carbocycles. The summed E-state index contributed by atoms with van der Waals surface area (Å²) in [6.07, 6.45) is 1.29. The van der Waals surface area contributed by atoms with Crippen LogP contribution >= 0.6 is 0 Å². The molecule has 1 amide bonds. The smallest absolute Gasteiger partial charge is 0.407 e. The van der Waals surface area contributed by atoms with Gasteiger partial charge in [-0.05, 0) is 0 Å². The lowest BCUT2D eigenvalue weighted by Crippen LogP contribution is -2.48. The highest BCUT2D eigenvalue weighted by molar-refractivity contribution is 5.65. The SMILES string of the molecule is O=C(O)N1CCN(c2ncc(F)cn2)CC1. The molecule has 0 bridgehead atoms. The van der Waals surface area contributed by atoms with E-state index < -0.39 is 11.9 Å². The van der Waals surface area contributed by atoms with Gasteiger partial charge in [0.1, 0.15) is 0 Å². The number of halogens is 1. The van der Waals surface area contributed by atoms with Gasteiger partial charge in [-0.25, -0.2) is 19.2 Å². The van der Waals surface area contributed by atoms with E-state index in [0.29, 0.717) is 32.1 Å². The van der Waals surface area contributed by atoms with Crippen molar-refractivity contribution >= 4 is 12.0 Å². The summed E-state index contributed by atoms with van der Waals surface area (Å²) in [6.45, 7) is 1.88. The molecule has 1 N–H and O–H groups in total. The fraction of sp³-hybridized carbons (Fsp3) is 0.444. The molecule has 2 heterocycles. The quantitative estimate of drug-likeness (QED) is 0.751. The van der Waals surface area contributed by atoms with Crippen LogP contribution in [0.5, 0.6) is 0 Å². The zero-order valence-electron chi connectivity index (χ0n) is 8.51. The van der Waals surface area contributed by atoms with Crippen molar-refractivity contribution in [3.05, 3.63) is 18.2 Å². The van der Waals surface area contributed by atoms with Crippen molar-refractivity contribution in [3.63, 3.8) is 0 Å². The molecule has 1 aliphatic rings. The van der Waals surface area contributed by atoms with Crippen LogP contribution in [0.1, 0.15) is 0 Å². The molecule has 7 heteroatoms. The number of carbonyl (C=O) groups is 1. The van der Waals surface area contributed by atoms with E-state index >= 15 is 0 Å². The minimum atomic E-state index is -0.917. The van der Waals surface area contributed by atoms with Crippen LogP contribution in [0.15, 0.2) is 12.4 Å². The van der Waals surface area contributed by atoms with Gasteiger partial charge in [0.05, 0.1) is 12.4 Å². The van der Waals surface area contributed by atoms with Crippen LogP contribution in [0.25, 0.3) is 0 Å². The third-order valence-electron chi connectivity index (χ3n) is 2.44. The first-order valence-corrected chi connectivity index (χ1v) is 4.87. The average Bonchev–Trinajstić information content (AvgIpc) is 2.30. The molecular formula is C9H11FN4O2. The Morgan fingerprint density at radius 2 is 1.81 bits per heavy atom. The molecule has 1 aliphatic heterocycles. The normalized spacial score (nSPS) is 16.3. The third-order valence-corrected chi connectivity index (χ3v) is 2.44. The highest BCUT2D eigenvalue weighted by Gasteiger charge is 2.21. The molecule has 1 aromatic rings. The van der Waals surface area contributed by atoms with E-state index in [2.05, 4.69) is 9.97 Å². The Labute approximate surface area is 91.3 Å². The van der Waals surface area contributed by atoms with Gasteiger partial charge in [0.2, 0.25) is 5.95 Å². The lowest BCUT2D eigenvalue weighted by Gasteiger charge is -2.32. The number of anilines is 1. The summed E-state index contributed by atoms with van der Waals surface area (Å²) < 4.78 is 12.6.